The van der Waals surface area contributed by atoms with Gasteiger partial charge >= 0.3 is 0 Å². The lowest BCUT2D eigenvalue weighted by Gasteiger charge is -2.59. The van der Waals surface area contributed by atoms with Crippen molar-refractivity contribution in [1.82, 2.24) is 4.57 Å². The minimum absolute atomic E-state index is 0.254. The largest absolute Gasteiger partial charge is 0.327 e. The molecule has 0 radical (unpaired) electrons. The molecule has 0 amide bonds. The maximum Gasteiger partial charge on any atom is 0.0906 e. The van der Waals surface area contributed by atoms with Crippen LogP contribution in [-0.2, 0) is 10.8 Å². The SMILES string of the molecule is CC1C=CC2(C)C3=C1C(C)(c1ccc4c(c1)c1ccccc1n4-c1cccc(-c4ccc(-c5ccc(-c6cccc(-c7cccc(-c8ccccc8)c7)c6)cc5)cc4)c1)C=C1c4ccccc4N(c4ccccc42)C13C. The van der Waals surface area contributed by atoms with Crippen molar-refractivity contribution in [3.63, 3.8) is 0 Å². The standard InChI is InChI=1S/C74H56N2/c1-48-41-42-72(2)64-27-10-13-30-69(64)76-68-29-12-9-26-62(68)65-47-73(3,70(48)71(72)74(65,76)4)59-39-40-67-63(46-59)61-25-8-11-28-66(61)75(67)60-24-16-23-58(45-60)53-37-33-51(34-38-53)50-31-35-52(36-32-50)55-20-15-22-57(44-55)56-21-14-19-54(43-56)49-17-6-5-7-18-49/h5-48H,1-4H3. The van der Waals surface area contributed by atoms with Gasteiger partial charge in [-0.1, -0.05) is 213 Å². The Morgan fingerprint density at radius 1 is 0.395 bits per heavy atom. The molecule has 0 N–H and O–H groups in total. The van der Waals surface area contributed by atoms with Crippen LogP contribution < -0.4 is 4.90 Å². The smallest absolute Gasteiger partial charge is 0.0906 e. The summed E-state index contributed by atoms with van der Waals surface area (Å²) in [7, 11) is 0. The van der Waals surface area contributed by atoms with Gasteiger partial charge in [0.05, 0.1) is 16.6 Å². The second kappa shape index (κ2) is 16.5. The van der Waals surface area contributed by atoms with Gasteiger partial charge in [0.1, 0.15) is 0 Å². The lowest BCUT2D eigenvalue weighted by atomic mass is 9.51. The van der Waals surface area contributed by atoms with Crippen LogP contribution in [0.1, 0.15) is 44.4 Å². The molecular formula is C74H56N2. The highest BCUT2D eigenvalue weighted by Crippen LogP contribution is 2.69. The molecule has 4 aliphatic rings. The summed E-state index contributed by atoms with van der Waals surface area (Å²) in [5.41, 5.74) is 25.9. The molecule has 10 aromatic carbocycles. The number of aromatic nitrogens is 1. The summed E-state index contributed by atoms with van der Waals surface area (Å²) in [6, 6.07) is 90.0. The van der Waals surface area contributed by atoms with Crippen LogP contribution in [0.4, 0.5) is 11.4 Å². The summed E-state index contributed by atoms with van der Waals surface area (Å²) in [6.07, 6.45) is 7.67. The molecule has 2 heteroatoms. The van der Waals surface area contributed by atoms with Crippen molar-refractivity contribution in [2.24, 2.45) is 5.92 Å². The molecule has 4 unspecified atom stereocenters. The molecule has 0 bridgehead atoms. The molecule has 0 saturated heterocycles. The average Bonchev–Trinajstić information content (AvgIpc) is 4.08. The number of para-hydroxylation sites is 3. The Hall–Kier alpha value is -8.98. The summed E-state index contributed by atoms with van der Waals surface area (Å²) in [5, 5.41) is 2.54. The summed E-state index contributed by atoms with van der Waals surface area (Å²) in [5.74, 6) is 0.261. The van der Waals surface area contributed by atoms with Crippen LogP contribution >= 0.6 is 0 Å². The molecule has 11 aromatic rings. The molecule has 2 aliphatic heterocycles. The number of nitrogens with zero attached hydrogens (tertiary/aromatic N) is 2. The summed E-state index contributed by atoms with van der Waals surface area (Å²) >= 11 is 0. The van der Waals surface area contributed by atoms with Crippen LogP contribution in [0.15, 0.2) is 272 Å². The van der Waals surface area contributed by atoms with E-state index < -0.39 is 0 Å². The number of anilines is 2. The van der Waals surface area contributed by atoms with E-state index in [2.05, 4.69) is 298 Å². The van der Waals surface area contributed by atoms with Crippen molar-refractivity contribution < 1.29 is 0 Å². The summed E-state index contributed by atoms with van der Waals surface area (Å²) in [6.45, 7) is 9.90. The van der Waals surface area contributed by atoms with Gasteiger partial charge in [0.25, 0.3) is 0 Å². The van der Waals surface area contributed by atoms with Crippen LogP contribution in [0.25, 0.3) is 88.7 Å². The first-order chi connectivity index (χ1) is 37.2. The van der Waals surface area contributed by atoms with E-state index in [0.717, 1.165) is 5.69 Å². The molecule has 0 fully saturated rings. The van der Waals surface area contributed by atoms with Gasteiger partial charge in [-0.15, -0.1) is 0 Å². The average molecular weight is 973 g/mol. The topological polar surface area (TPSA) is 8.17 Å². The Morgan fingerprint density at radius 2 is 0.908 bits per heavy atom. The third-order valence-electron chi connectivity index (χ3n) is 17.9. The fraction of sp³-hybridized carbons (Fsp3) is 0.108. The molecule has 4 atom stereocenters. The van der Waals surface area contributed by atoms with Crippen LogP contribution in [0.5, 0.6) is 0 Å². The third-order valence-corrected chi connectivity index (χ3v) is 17.9. The highest BCUT2D eigenvalue weighted by Gasteiger charge is 2.62. The summed E-state index contributed by atoms with van der Waals surface area (Å²) in [4.78, 5) is 2.66. The number of rotatable bonds is 7. The van der Waals surface area contributed by atoms with E-state index in [0.29, 0.717) is 0 Å². The molecule has 1 aromatic heterocycles. The van der Waals surface area contributed by atoms with E-state index in [1.807, 2.05) is 0 Å². The first kappa shape index (κ1) is 44.5. The zero-order chi connectivity index (χ0) is 50.9. The normalized spacial score (nSPS) is 20.9. The fourth-order valence-electron chi connectivity index (χ4n) is 14.3. The zero-order valence-electron chi connectivity index (χ0n) is 43.3. The monoisotopic (exact) mass is 972 g/mol. The number of hydrogen-bond acceptors (Lipinski definition) is 1. The van der Waals surface area contributed by atoms with Crippen LogP contribution in [0.2, 0.25) is 0 Å². The van der Waals surface area contributed by atoms with Gasteiger partial charge in [0, 0.05) is 44.2 Å². The summed E-state index contributed by atoms with van der Waals surface area (Å²) < 4.78 is 2.47. The third kappa shape index (κ3) is 6.40. The van der Waals surface area contributed by atoms with E-state index in [9.17, 15) is 0 Å². The van der Waals surface area contributed by atoms with Gasteiger partial charge in [0.2, 0.25) is 0 Å². The van der Waals surface area contributed by atoms with E-state index in [-0.39, 0.29) is 22.3 Å². The maximum atomic E-state index is 2.66. The van der Waals surface area contributed by atoms with Crippen molar-refractivity contribution in [3.05, 3.63) is 289 Å². The molecule has 0 spiro atoms. The van der Waals surface area contributed by atoms with Crippen LogP contribution in [0, 0.1) is 5.92 Å². The van der Waals surface area contributed by atoms with Crippen molar-refractivity contribution in [2.45, 2.75) is 44.1 Å². The van der Waals surface area contributed by atoms with E-state index in [1.54, 1.807) is 0 Å². The molecule has 76 heavy (non-hydrogen) atoms. The van der Waals surface area contributed by atoms with Crippen molar-refractivity contribution in [3.8, 4) is 61.3 Å². The Labute approximate surface area is 445 Å². The predicted octanol–water partition coefficient (Wildman–Crippen LogP) is 19.2. The fourth-order valence-corrected chi connectivity index (χ4v) is 14.3. The lowest BCUT2D eigenvalue weighted by Crippen LogP contribution is -2.57. The van der Waals surface area contributed by atoms with Crippen LogP contribution in [-0.4, -0.2) is 10.1 Å². The quantitative estimate of drug-likeness (QED) is 0.145. The molecule has 2 aliphatic carbocycles. The number of fused-ring (bicyclic) bond motifs is 9. The molecule has 0 saturated carbocycles. The minimum Gasteiger partial charge on any atom is -0.327 e. The van der Waals surface area contributed by atoms with Gasteiger partial charge < -0.3 is 9.47 Å². The highest BCUT2D eigenvalue weighted by molar-refractivity contribution is 6.10. The second-order valence-corrected chi connectivity index (χ2v) is 22.2. The first-order valence-electron chi connectivity index (χ1n) is 27.0. The van der Waals surface area contributed by atoms with E-state index >= 15 is 0 Å². The Balaban J connectivity index is 0.762. The lowest BCUT2D eigenvalue weighted by molar-refractivity contribution is 0.457. The van der Waals surface area contributed by atoms with Crippen molar-refractivity contribution >= 4 is 38.8 Å². The Bertz CT molecular complexity index is 4280. The second-order valence-electron chi connectivity index (χ2n) is 22.2. The van der Waals surface area contributed by atoms with E-state index in [4.69, 9.17) is 0 Å². The van der Waals surface area contributed by atoms with Crippen molar-refractivity contribution in [1.29, 1.82) is 0 Å². The molecule has 2 nitrogen and oxygen atoms in total. The van der Waals surface area contributed by atoms with Gasteiger partial charge in [-0.2, -0.15) is 0 Å². The van der Waals surface area contributed by atoms with Gasteiger partial charge in [-0.3, -0.25) is 0 Å². The molecular weight excluding hydrogens is 917 g/mol. The number of benzene rings is 10. The number of hydrogen-bond donors (Lipinski definition) is 0. The molecule has 362 valence electrons. The predicted molar refractivity (Wildman–Crippen MR) is 319 cm³/mol. The Morgan fingerprint density at radius 3 is 1.59 bits per heavy atom. The number of allylic oxidation sites excluding steroid dienone is 4. The van der Waals surface area contributed by atoms with Gasteiger partial charge in [-0.05, 0) is 165 Å². The highest BCUT2D eigenvalue weighted by atomic mass is 15.3. The minimum atomic E-state index is -0.362. The molecule has 3 heterocycles. The zero-order valence-corrected chi connectivity index (χ0v) is 43.3. The Kier molecular flexibility index (Phi) is 9.67. The van der Waals surface area contributed by atoms with Gasteiger partial charge in [-0.25, -0.2) is 0 Å². The van der Waals surface area contributed by atoms with E-state index in [1.165, 1.54) is 122 Å². The molecule has 15 rings (SSSR count). The van der Waals surface area contributed by atoms with Crippen molar-refractivity contribution in [2.75, 3.05) is 4.90 Å². The van der Waals surface area contributed by atoms with Crippen LogP contribution in [0.3, 0.4) is 0 Å². The first-order valence-corrected chi connectivity index (χ1v) is 27.0. The maximum absolute atomic E-state index is 2.66. The van der Waals surface area contributed by atoms with Gasteiger partial charge in [0.15, 0.2) is 0 Å².